The molecule has 6 nitrogen and oxygen atoms in total. The van der Waals surface area contributed by atoms with Gasteiger partial charge in [-0.15, -0.1) is 11.3 Å². The molecule has 7 heteroatoms. The third-order valence-corrected chi connectivity index (χ3v) is 3.67. The number of carbonyl (C=O) groups excluding carboxylic acids is 2. The van der Waals surface area contributed by atoms with Crippen LogP contribution >= 0.6 is 11.3 Å². The third-order valence-electron chi connectivity index (χ3n) is 2.91. The molecule has 1 aromatic carbocycles. The SMILES string of the molecule is CC(C)(C)CC(=O)Nc1cccc(NC(=O)OCc2cncs2)c1. The van der Waals surface area contributed by atoms with E-state index < -0.39 is 6.09 Å². The van der Waals surface area contributed by atoms with Crippen molar-refractivity contribution in [3.8, 4) is 0 Å². The summed E-state index contributed by atoms with van der Waals surface area (Å²) in [7, 11) is 0. The van der Waals surface area contributed by atoms with Crippen molar-refractivity contribution in [1.82, 2.24) is 4.98 Å². The van der Waals surface area contributed by atoms with E-state index in [9.17, 15) is 9.59 Å². The maximum Gasteiger partial charge on any atom is 0.411 e. The van der Waals surface area contributed by atoms with Crippen molar-refractivity contribution in [1.29, 1.82) is 0 Å². The molecule has 2 N–H and O–H groups in total. The molecule has 2 aromatic rings. The highest BCUT2D eigenvalue weighted by Crippen LogP contribution is 2.21. The molecule has 2 amide bonds. The number of nitrogens with one attached hydrogen (secondary N) is 2. The van der Waals surface area contributed by atoms with E-state index in [0.717, 1.165) is 4.88 Å². The van der Waals surface area contributed by atoms with Crippen LogP contribution in [0, 0.1) is 5.41 Å². The minimum atomic E-state index is -0.554. The number of amides is 2. The van der Waals surface area contributed by atoms with Gasteiger partial charge in [0.15, 0.2) is 0 Å². The van der Waals surface area contributed by atoms with Crippen LogP contribution in [0.4, 0.5) is 16.2 Å². The lowest BCUT2D eigenvalue weighted by molar-refractivity contribution is -0.117. The van der Waals surface area contributed by atoms with Crippen molar-refractivity contribution in [2.75, 3.05) is 10.6 Å². The maximum absolute atomic E-state index is 12.0. The first-order chi connectivity index (χ1) is 11.3. The fourth-order valence-corrected chi connectivity index (χ4v) is 2.47. The van der Waals surface area contributed by atoms with Crippen LogP contribution in [0.15, 0.2) is 36.0 Å². The van der Waals surface area contributed by atoms with E-state index in [0.29, 0.717) is 17.8 Å². The quantitative estimate of drug-likeness (QED) is 0.846. The fraction of sp³-hybridized carbons (Fsp3) is 0.353. The van der Waals surface area contributed by atoms with Gasteiger partial charge >= 0.3 is 6.09 Å². The maximum atomic E-state index is 12.0. The van der Waals surface area contributed by atoms with Gasteiger partial charge in [0.2, 0.25) is 5.91 Å². The van der Waals surface area contributed by atoms with Crippen LogP contribution in [0.25, 0.3) is 0 Å². The van der Waals surface area contributed by atoms with E-state index >= 15 is 0 Å². The number of aromatic nitrogens is 1. The molecule has 0 saturated carbocycles. The first kappa shape index (κ1) is 17.9. The summed E-state index contributed by atoms with van der Waals surface area (Å²) in [6.45, 7) is 6.19. The van der Waals surface area contributed by atoms with Gasteiger partial charge in [-0.05, 0) is 23.6 Å². The van der Waals surface area contributed by atoms with Gasteiger partial charge in [0.25, 0.3) is 0 Å². The molecule has 0 aliphatic heterocycles. The number of ether oxygens (including phenoxy) is 1. The normalized spacial score (nSPS) is 11.0. The molecule has 0 aliphatic carbocycles. The Morgan fingerprint density at radius 1 is 1.21 bits per heavy atom. The molecule has 0 aliphatic rings. The van der Waals surface area contributed by atoms with Crippen LogP contribution in [0.5, 0.6) is 0 Å². The molecule has 0 fully saturated rings. The second-order valence-corrected chi connectivity index (χ2v) is 7.51. The summed E-state index contributed by atoms with van der Waals surface area (Å²) >= 11 is 1.42. The van der Waals surface area contributed by atoms with Crippen LogP contribution in [0.2, 0.25) is 0 Å². The average molecular weight is 347 g/mol. The summed E-state index contributed by atoms with van der Waals surface area (Å²) in [5, 5.41) is 5.47. The number of rotatable bonds is 5. The van der Waals surface area contributed by atoms with Crippen LogP contribution in [-0.4, -0.2) is 17.0 Å². The van der Waals surface area contributed by atoms with E-state index in [1.165, 1.54) is 11.3 Å². The summed E-state index contributed by atoms with van der Waals surface area (Å²) in [5.41, 5.74) is 2.78. The van der Waals surface area contributed by atoms with Gasteiger partial charge in [-0.2, -0.15) is 0 Å². The minimum Gasteiger partial charge on any atom is -0.444 e. The molecule has 1 heterocycles. The van der Waals surface area contributed by atoms with E-state index in [2.05, 4.69) is 15.6 Å². The molecule has 0 bridgehead atoms. The lowest BCUT2D eigenvalue weighted by atomic mass is 9.92. The largest absolute Gasteiger partial charge is 0.444 e. The van der Waals surface area contributed by atoms with Crippen LogP contribution in [-0.2, 0) is 16.1 Å². The Balaban J connectivity index is 1.87. The van der Waals surface area contributed by atoms with Gasteiger partial charge in [0, 0.05) is 24.0 Å². The minimum absolute atomic E-state index is 0.0626. The molecule has 0 atom stereocenters. The topological polar surface area (TPSA) is 80.3 Å². The first-order valence-electron chi connectivity index (χ1n) is 7.53. The monoisotopic (exact) mass is 347 g/mol. The zero-order valence-corrected chi connectivity index (χ0v) is 14.8. The second-order valence-electron chi connectivity index (χ2n) is 6.54. The Labute approximate surface area is 145 Å². The summed E-state index contributed by atoms with van der Waals surface area (Å²) < 4.78 is 5.11. The predicted molar refractivity (Wildman–Crippen MR) is 95.1 cm³/mol. The standard InChI is InChI=1S/C17H21N3O3S/c1-17(2,3)8-15(21)19-12-5-4-6-13(7-12)20-16(22)23-10-14-9-18-11-24-14/h4-7,9,11H,8,10H2,1-3H3,(H,19,21)(H,20,22). The number of nitrogens with zero attached hydrogens (tertiary/aromatic N) is 1. The number of thiazole rings is 1. The Morgan fingerprint density at radius 2 is 1.92 bits per heavy atom. The molecule has 24 heavy (non-hydrogen) atoms. The summed E-state index contributed by atoms with van der Waals surface area (Å²) in [6, 6.07) is 6.95. The van der Waals surface area contributed by atoms with Crippen molar-refractivity contribution in [3.05, 3.63) is 40.8 Å². The zero-order valence-electron chi connectivity index (χ0n) is 14.0. The summed E-state index contributed by atoms with van der Waals surface area (Å²) in [5.74, 6) is -0.0626. The predicted octanol–water partition coefficient (Wildman–Crippen LogP) is 4.27. The van der Waals surface area contributed by atoms with Gasteiger partial charge in [-0.3, -0.25) is 15.1 Å². The lowest BCUT2D eigenvalue weighted by Gasteiger charge is -2.17. The molecule has 0 spiro atoms. The van der Waals surface area contributed by atoms with Crippen molar-refractivity contribution < 1.29 is 14.3 Å². The molecule has 0 unspecified atom stereocenters. The number of anilines is 2. The molecular formula is C17H21N3O3S. The van der Waals surface area contributed by atoms with Gasteiger partial charge in [-0.1, -0.05) is 26.8 Å². The Kier molecular flexibility index (Phi) is 5.92. The van der Waals surface area contributed by atoms with Gasteiger partial charge < -0.3 is 10.1 Å². The summed E-state index contributed by atoms with van der Waals surface area (Å²) in [6.07, 6.45) is 1.52. The van der Waals surface area contributed by atoms with Crippen LogP contribution < -0.4 is 10.6 Å². The molecule has 1 aromatic heterocycles. The fourth-order valence-electron chi connectivity index (χ4n) is 1.97. The number of benzene rings is 1. The third kappa shape index (κ3) is 6.37. The van der Waals surface area contributed by atoms with Crippen LogP contribution in [0.1, 0.15) is 32.1 Å². The van der Waals surface area contributed by atoms with E-state index in [1.807, 2.05) is 20.8 Å². The number of hydrogen-bond donors (Lipinski definition) is 2. The Bertz CT molecular complexity index is 693. The molecule has 0 radical (unpaired) electrons. The highest BCUT2D eigenvalue weighted by molar-refractivity contribution is 7.09. The molecular weight excluding hydrogens is 326 g/mol. The van der Waals surface area contributed by atoms with E-state index in [1.54, 1.807) is 36.0 Å². The summed E-state index contributed by atoms with van der Waals surface area (Å²) in [4.78, 5) is 28.5. The van der Waals surface area contributed by atoms with Crippen molar-refractivity contribution in [3.63, 3.8) is 0 Å². The van der Waals surface area contributed by atoms with Crippen LogP contribution in [0.3, 0.4) is 0 Å². The van der Waals surface area contributed by atoms with Crippen molar-refractivity contribution in [2.45, 2.75) is 33.8 Å². The highest BCUT2D eigenvalue weighted by Gasteiger charge is 2.16. The van der Waals surface area contributed by atoms with Gasteiger partial charge in [0.05, 0.1) is 10.4 Å². The Hall–Kier alpha value is -2.41. The molecule has 128 valence electrons. The van der Waals surface area contributed by atoms with Crippen molar-refractivity contribution >= 4 is 34.7 Å². The molecule has 0 saturated heterocycles. The van der Waals surface area contributed by atoms with Gasteiger partial charge in [0.1, 0.15) is 6.61 Å². The molecule has 2 rings (SSSR count). The van der Waals surface area contributed by atoms with E-state index in [4.69, 9.17) is 4.74 Å². The number of carbonyl (C=O) groups is 2. The average Bonchev–Trinajstić information content (AvgIpc) is 2.96. The van der Waals surface area contributed by atoms with E-state index in [-0.39, 0.29) is 17.9 Å². The first-order valence-corrected chi connectivity index (χ1v) is 8.41. The highest BCUT2D eigenvalue weighted by atomic mass is 32.1. The smallest absolute Gasteiger partial charge is 0.411 e. The zero-order chi connectivity index (χ0) is 17.6. The second kappa shape index (κ2) is 7.92. The lowest BCUT2D eigenvalue weighted by Crippen LogP contribution is -2.19. The van der Waals surface area contributed by atoms with Gasteiger partial charge in [-0.25, -0.2) is 4.79 Å². The number of hydrogen-bond acceptors (Lipinski definition) is 5. The van der Waals surface area contributed by atoms with Crippen molar-refractivity contribution in [2.24, 2.45) is 5.41 Å². The Morgan fingerprint density at radius 3 is 2.54 bits per heavy atom.